The van der Waals surface area contributed by atoms with E-state index in [1.807, 2.05) is 0 Å². The van der Waals surface area contributed by atoms with Crippen LogP contribution in [0.1, 0.15) is 13.3 Å². The van der Waals surface area contributed by atoms with Crippen LogP contribution >= 0.6 is 0 Å². The Hall–Kier alpha value is -0.366. The first-order chi connectivity index (χ1) is 3.66. The Labute approximate surface area is 63.7 Å². The van der Waals surface area contributed by atoms with Gasteiger partial charge in [-0.3, -0.25) is 9.59 Å². The summed E-state index contributed by atoms with van der Waals surface area (Å²) in [5, 5.41) is 0. The summed E-state index contributed by atoms with van der Waals surface area (Å²) >= 11 is 0. The number of Topliss-reactive ketones (excluding diaryl/α,β-unsaturated/α-hetero) is 1. The number of carbonyl (C=O) groups excluding carboxylic acids is 2. The van der Waals surface area contributed by atoms with Gasteiger partial charge in [0.05, 0.1) is 7.11 Å². The molecule has 0 rings (SSSR count). The maximum atomic E-state index is 10.2. The molecule has 0 aliphatic heterocycles. The van der Waals surface area contributed by atoms with E-state index in [9.17, 15) is 9.59 Å². The maximum Gasteiger partial charge on any atom is 2.00 e. The molecule has 0 saturated heterocycles. The van der Waals surface area contributed by atoms with Crippen LogP contribution in [0.2, 0.25) is 0 Å². The van der Waals surface area contributed by atoms with Crippen LogP contribution in [-0.2, 0) is 30.8 Å². The van der Waals surface area contributed by atoms with Crippen molar-refractivity contribution in [2.75, 3.05) is 7.11 Å². The second-order valence-corrected chi connectivity index (χ2v) is 1.45. The first-order valence-electron chi connectivity index (χ1n) is 2.23. The van der Waals surface area contributed by atoms with Crippen molar-refractivity contribution in [2.24, 2.45) is 0 Å². The topological polar surface area (TPSA) is 43.4 Å². The van der Waals surface area contributed by atoms with Gasteiger partial charge in [-0.2, -0.15) is 0 Å². The summed E-state index contributed by atoms with van der Waals surface area (Å²) in [6.07, 6.45) is -0.115. The van der Waals surface area contributed by atoms with Crippen molar-refractivity contribution in [1.29, 1.82) is 0 Å². The molecule has 0 aromatic rings. The van der Waals surface area contributed by atoms with Crippen molar-refractivity contribution in [1.82, 2.24) is 0 Å². The van der Waals surface area contributed by atoms with Gasteiger partial charge < -0.3 is 4.74 Å². The Balaban J connectivity index is 0. The maximum absolute atomic E-state index is 10.2. The van der Waals surface area contributed by atoms with E-state index in [2.05, 4.69) is 4.74 Å². The summed E-state index contributed by atoms with van der Waals surface area (Å²) in [7, 11) is 1.26. The van der Waals surface area contributed by atoms with Crippen LogP contribution in [-0.4, -0.2) is 18.9 Å². The van der Waals surface area contributed by atoms with Crippen LogP contribution in [0.3, 0.4) is 0 Å². The quantitative estimate of drug-likeness (QED) is 0.340. The molecule has 0 atom stereocenters. The molecule has 54 valence electrons. The van der Waals surface area contributed by atoms with Gasteiger partial charge in [0, 0.05) is 0 Å². The number of hydrogen-bond donors (Lipinski definition) is 0. The second-order valence-electron chi connectivity index (χ2n) is 1.45. The van der Waals surface area contributed by atoms with Crippen LogP contribution in [0.5, 0.6) is 0 Å². The molecule has 3 nitrogen and oxygen atoms in total. The van der Waals surface area contributed by atoms with Gasteiger partial charge in [-0.25, -0.2) is 0 Å². The van der Waals surface area contributed by atoms with Gasteiger partial charge in [-0.05, 0) is 6.92 Å². The van der Waals surface area contributed by atoms with Crippen LogP contribution < -0.4 is 0 Å². The van der Waals surface area contributed by atoms with Crippen LogP contribution in [0.4, 0.5) is 0 Å². The molecule has 0 aromatic heterocycles. The molecular formula is C5H8NiO3+2. The molecule has 4 heteroatoms. The SMILES string of the molecule is COC(=O)CC(C)=O.[Ni+2]. The molecule has 0 radical (unpaired) electrons. The Morgan fingerprint density at radius 2 is 1.89 bits per heavy atom. The van der Waals surface area contributed by atoms with Gasteiger partial charge in [0.15, 0.2) is 0 Å². The molecule has 0 heterocycles. The molecule has 0 unspecified atom stereocenters. The monoisotopic (exact) mass is 174 g/mol. The number of hydrogen-bond acceptors (Lipinski definition) is 3. The minimum Gasteiger partial charge on any atom is -0.469 e. The number of carbonyl (C=O) groups is 2. The van der Waals surface area contributed by atoms with E-state index < -0.39 is 5.97 Å². The van der Waals surface area contributed by atoms with E-state index in [1.54, 1.807) is 0 Å². The zero-order valence-corrected chi connectivity index (χ0v) is 6.24. The molecule has 0 amide bonds. The first kappa shape index (κ1) is 11.4. The Morgan fingerprint density at radius 1 is 1.44 bits per heavy atom. The fourth-order valence-corrected chi connectivity index (χ4v) is 0.275. The van der Waals surface area contributed by atoms with E-state index >= 15 is 0 Å². The van der Waals surface area contributed by atoms with E-state index in [-0.39, 0.29) is 28.7 Å². The summed E-state index contributed by atoms with van der Waals surface area (Å²) in [4.78, 5) is 20.3. The van der Waals surface area contributed by atoms with Crippen LogP contribution in [0.15, 0.2) is 0 Å². The third-order valence-electron chi connectivity index (χ3n) is 0.621. The first-order valence-corrected chi connectivity index (χ1v) is 2.23. The summed E-state index contributed by atoms with van der Waals surface area (Å²) in [5.74, 6) is -0.644. The summed E-state index contributed by atoms with van der Waals surface area (Å²) in [6, 6.07) is 0. The fourth-order valence-electron chi connectivity index (χ4n) is 0.275. The van der Waals surface area contributed by atoms with Crippen molar-refractivity contribution in [3.8, 4) is 0 Å². The van der Waals surface area contributed by atoms with Crippen molar-refractivity contribution in [2.45, 2.75) is 13.3 Å². The fraction of sp³-hybridized carbons (Fsp3) is 0.600. The molecule has 0 aromatic carbocycles. The molecule has 0 aliphatic carbocycles. The van der Waals surface area contributed by atoms with E-state index in [0.29, 0.717) is 0 Å². The number of esters is 1. The molecule has 0 saturated carbocycles. The number of ether oxygens (including phenoxy) is 1. The van der Waals surface area contributed by atoms with Crippen molar-refractivity contribution < 1.29 is 30.8 Å². The van der Waals surface area contributed by atoms with E-state index in [1.165, 1.54) is 14.0 Å². The van der Waals surface area contributed by atoms with Gasteiger partial charge in [-0.15, -0.1) is 0 Å². The predicted molar refractivity (Wildman–Crippen MR) is 27.3 cm³/mol. The number of ketones is 1. The standard InChI is InChI=1S/C5H8O3.Ni/c1-4(6)3-5(7)8-2;/h3H2,1-2H3;/q;+2. The van der Waals surface area contributed by atoms with E-state index in [0.717, 1.165) is 0 Å². The average Bonchev–Trinajstić information content (AvgIpc) is 1.65. The number of methoxy groups -OCH3 is 1. The minimum atomic E-state index is -0.475. The smallest absolute Gasteiger partial charge is 0.469 e. The normalized spacial score (nSPS) is 7.33. The van der Waals surface area contributed by atoms with Crippen molar-refractivity contribution in [3.63, 3.8) is 0 Å². The van der Waals surface area contributed by atoms with E-state index in [4.69, 9.17) is 0 Å². The molecule has 9 heavy (non-hydrogen) atoms. The molecule has 0 bridgehead atoms. The molecule has 0 aliphatic rings. The Kier molecular flexibility index (Phi) is 7.32. The number of rotatable bonds is 2. The summed E-state index contributed by atoms with van der Waals surface area (Å²) in [6.45, 7) is 1.34. The molecule has 0 fully saturated rings. The third-order valence-corrected chi connectivity index (χ3v) is 0.621. The van der Waals surface area contributed by atoms with Crippen LogP contribution in [0.25, 0.3) is 0 Å². The second kappa shape index (κ2) is 5.76. The summed E-state index contributed by atoms with van der Waals surface area (Å²) < 4.78 is 4.20. The zero-order chi connectivity index (χ0) is 6.57. The predicted octanol–water partition coefficient (Wildman–Crippen LogP) is 0.136. The minimum absolute atomic E-state index is 0. The molecular weight excluding hydrogens is 167 g/mol. The summed E-state index contributed by atoms with van der Waals surface area (Å²) in [5.41, 5.74) is 0. The molecule has 0 N–H and O–H groups in total. The van der Waals surface area contributed by atoms with Crippen molar-refractivity contribution in [3.05, 3.63) is 0 Å². The van der Waals surface area contributed by atoms with Crippen LogP contribution in [0, 0.1) is 0 Å². The zero-order valence-electron chi connectivity index (χ0n) is 5.25. The third kappa shape index (κ3) is 7.63. The van der Waals surface area contributed by atoms with Gasteiger partial charge >= 0.3 is 22.5 Å². The molecule has 0 spiro atoms. The van der Waals surface area contributed by atoms with Gasteiger partial charge in [-0.1, -0.05) is 0 Å². The van der Waals surface area contributed by atoms with Gasteiger partial charge in [0.2, 0.25) is 0 Å². The average molecular weight is 175 g/mol. The largest absolute Gasteiger partial charge is 2.00 e. The Morgan fingerprint density at radius 3 is 2.00 bits per heavy atom. The van der Waals surface area contributed by atoms with Gasteiger partial charge in [0.25, 0.3) is 0 Å². The van der Waals surface area contributed by atoms with Gasteiger partial charge in [0.1, 0.15) is 12.2 Å². The van der Waals surface area contributed by atoms with Crippen molar-refractivity contribution >= 4 is 11.8 Å². The Bertz CT molecular complexity index is 111.